The molecule has 1 aliphatic heterocycles. The van der Waals surface area contributed by atoms with Crippen LogP contribution in [-0.2, 0) is 18.0 Å². The van der Waals surface area contributed by atoms with Gasteiger partial charge in [0.2, 0.25) is 0 Å². The number of nitrogens with zero attached hydrogens (tertiary/aromatic N) is 2. The number of hydrogen-bond donors (Lipinski definition) is 0. The summed E-state index contributed by atoms with van der Waals surface area (Å²) in [7, 11) is 1.78. The van der Waals surface area contributed by atoms with Crippen LogP contribution < -0.4 is 4.90 Å². The van der Waals surface area contributed by atoms with Crippen molar-refractivity contribution in [2.24, 2.45) is 7.05 Å². The van der Waals surface area contributed by atoms with Gasteiger partial charge in [-0.2, -0.15) is 13.2 Å². The SMILES string of the molecule is Cn1cccc1/C=C1/SC(=O)N(c2cccc(C(F)(F)F)c2)C1=O. The highest BCUT2D eigenvalue weighted by molar-refractivity contribution is 8.19. The van der Waals surface area contributed by atoms with Crippen molar-refractivity contribution in [2.75, 3.05) is 4.90 Å². The largest absolute Gasteiger partial charge is 0.416 e. The van der Waals surface area contributed by atoms with Gasteiger partial charge in [0.05, 0.1) is 16.2 Å². The zero-order valence-electron chi connectivity index (χ0n) is 12.4. The van der Waals surface area contributed by atoms with Crippen molar-refractivity contribution < 1.29 is 22.8 Å². The van der Waals surface area contributed by atoms with E-state index in [2.05, 4.69) is 0 Å². The van der Waals surface area contributed by atoms with E-state index in [0.717, 1.165) is 17.0 Å². The van der Waals surface area contributed by atoms with Crippen LogP contribution in [0.3, 0.4) is 0 Å². The van der Waals surface area contributed by atoms with Gasteiger partial charge in [0.1, 0.15) is 0 Å². The lowest BCUT2D eigenvalue weighted by Crippen LogP contribution is -2.28. The minimum Gasteiger partial charge on any atom is -0.351 e. The maximum absolute atomic E-state index is 12.8. The average molecular weight is 352 g/mol. The van der Waals surface area contributed by atoms with Crippen molar-refractivity contribution in [3.63, 3.8) is 0 Å². The van der Waals surface area contributed by atoms with Gasteiger partial charge in [-0.25, -0.2) is 4.90 Å². The van der Waals surface area contributed by atoms with Crippen LogP contribution in [0.4, 0.5) is 23.7 Å². The molecule has 1 aromatic carbocycles. The topological polar surface area (TPSA) is 42.3 Å². The highest BCUT2D eigenvalue weighted by Crippen LogP contribution is 2.38. The van der Waals surface area contributed by atoms with Crippen molar-refractivity contribution in [1.82, 2.24) is 4.57 Å². The number of hydrogen-bond acceptors (Lipinski definition) is 3. The molecule has 8 heteroatoms. The molecule has 3 rings (SSSR count). The first kappa shape index (κ1) is 16.4. The lowest BCUT2D eigenvalue weighted by molar-refractivity contribution is -0.137. The maximum Gasteiger partial charge on any atom is 0.416 e. The Morgan fingerprint density at radius 1 is 1.12 bits per heavy atom. The highest BCUT2D eigenvalue weighted by atomic mass is 32.2. The predicted octanol–water partition coefficient (Wildman–Crippen LogP) is 4.28. The molecule has 0 spiro atoms. The molecule has 1 aromatic heterocycles. The van der Waals surface area contributed by atoms with E-state index in [4.69, 9.17) is 0 Å². The van der Waals surface area contributed by atoms with Gasteiger partial charge in [-0.05, 0) is 48.2 Å². The second kappa shape index (κ2) is 5.86. The van der Waals surface area contributed by atoms with Crippen LogP contribution >= 0.6 is 11.8 Å². The van der Waals surface area contributed by atoms with Crippen LogP contribution in [0.1, 0.15) is 11.3 Å². The minimum absolute atomic E-state index is 0.0948. The zero-order chi connectivity index (χ0) is 17.5. The summed E-state index contributed by atoms with van der Waals surface area (Å²) < 4.78 is 40.2. The first-order chi connectivity index (χ1) is 11.3. The highest BCUT2D eigenvalue weighted by Gasteiger charge is 2.38. The van der Waals surface area contributed by atoms with Gasteiger partial charge in [-0.15, -0.1) is 0 Å². The van der Waals surface area contributed by atoms with E-state index in [0.29, 0.717) is 17.5 Å². The fourth-order valence-corrected chi connectivity index (χ4v) is 3.10. The molecule has 1 aliphatic rings. The molecule has 1 saturated heterocycles. The normalized spacial score (nSPS) is 17.2. The van der Waals surface area contributed by atoms with Crippen LogP contribution in [0, 0.1) is 0 Å². The third kappa shape index (κ3) is 2.96. The minimum atomic E-state index is -4.54. The number of alkyl halides is 3. The number of carbonyl (C=O) groups is 2. The molecule has 24 heavy (non-hydrogen) atoms. The number of benzene rings is 1. The Kier molecular flexibility index (Phi) is 4.00. The second-order valence-corrected chi connectivity index (χ2v) is 6.10. The van der Waals surface area contributed by atoms with E-state index >= 15 is 0 Å². The standard InChI is InChI=1S/C16H11F3N2O2S/c1-20-7-3-6-11(20)9-13-14(22)21(15(23)24-13)12-5-2-4-10(8-12)16(17,18)19/h2-9H,1H3/b13-9+. The van der Waals surface area contributed by atoms with E-state index in [-0.39, 0.29) is 10.6 Å². The molecule has 1 fully saturated rings. The van der Waals surface area contributed by atoms with E-state index in [9.17, 15) is 22.8 Å². The van der Waals surface area contributed by atoms with Gasteiger partial charge < -0.3 is 4.57 Å². The number of aromatic nitrogens is 1. The smallest absolute Gasteiger partial charge is 0.351 e. The summed E-state index contributed by atoms with van der Waals surface area (Å²) in [6.07, 6.45) is -1.22. The second-order valence-electron chi connectivity index (χ2n) is 5.11. The van der Waals surface area contributed by atoms with Crippen molar-refractivity contribution in [3.05, 3.63) is 58.8 Å². The van der Waals surface area contributed by atoms with Crippen LogP contribution in [0.15, 0.2) is 47.5 Å². The Labute approximate surface area is 139 Å². The van der Waals surface area contributed by atoms with Crippen LogP contribution in [-0.4, -0.2) is 15.7 Å². The lowest BCUT2D eigenvalue weighted by Gasteiger charge is -2.14. The number of aryl methyl sites for hydroxylation is 1. The number of carbonyl (C=O) groups excluding carboxylic acids is 2. The van der Waals surface area contributed by atoms with Crippen LogP contribution in [0.2, 0.25) is 0 Å². The summed E-state index contributed by atoms with van der Waals surface area (Å²) in [5.41, 5.74) is -0.294. The molecule has 0 aliphatic carbocycles. The Bertz CT molecular complexity index is 855. The van der Waals surface area contributed by atoms with E-state index < -0.39 is 22.9 Å². The molecule has 0 radical (unpaired) electrons. The third-order valence-electron chi connectivity index (χ3n) is 3.49. The summed E-state index contributed by atoms with van der Waals surface area (Å²) in [5, 5.41) is -0.625. The number of rotatable bonds is 2. The van der Waals surface area contributed by atoms with Gasteiger partial charge in [-0.3, -0.25) is 9.59 Å². The number of thioether (sulfide) groups is 1. The number of imide groups is 1. The predicted molar refractivity (Wildman–Crippen MR) is 85.3 cm³/mol. The molecule has 0 bridgehead atoms. The van der Waals surface area contributed by atoms with E-state index in [1.165, 1.54) is 12.1 Å². The summed E-state index contributed by atoms with van der Waals surface area (Å²) in [6.45, 7) is 0. The molecular weight excluding hydrogens is 341 g/mol. The lowest BCUT2D eigenvalue weighted by atomic mass is 10.2. The van der Waals surface area contributed by atoms with E-state index in [1.54, 1.807) is 36.0 Å². The molecule has 124 valence electrons. The Morgan fingerprint density at radius 2 is 1.88 bits per heavy atom. The molecule has 2 heterocycles. The molecule has 0 saturated carbocycles. The van der Waals surface area contributed by atoms with Crippen LogP contribution in [0.25, 0.3) is 6.08 Å². The average Bonchev–Trinajstić information content (AvgIpc) is 3.03. The fraction of sp³-hybridized carbons (Fsp3) is 0.125. The Balaban J connectivity index is 1.96. The summed E-state index contributed by atoms with van der Waals surface area (Å²) in [4.78, 5) is 25.5. The fourth-order valence-electron chi connectivity index (χ4n) is 2.27. The van der Waals surface area contributed by atoms with Gasteiger partial charge >= 0.3 is 6.18 Å². The molecule has 0 atom stereocenters. The third-order valence-corrected chi connectivity index (χ3v) is 4.36. The number of amides is 2. The number of anilines is 1. The van der Waals surface area contributed by atoms with Crippen molar-refractivity contribution in [1.29, 1.82) is 0 Å². The van der Waals surface area contributed by atoms with Gasteiger partial charge in [0, 0.05) is 18.9 Å². The van der Waals surface area contributed by atoms with Crippen molar-refractivity contribution >= 4 is 34.7 Å². The van der Waals surface area contributed by atoms with Crippen molar-refractivity contribution in [2.45, 2.75) is 6.18 Å². The van der Waals surface area contributed by atoms with Gasteiger partial charge in [0.15, 0.2) is 0 Å². The molecule has 2 amide bonds. The number of halogens is 3. The summed E-state index contributed by atoms with van der Waals surface area (Å²) >= 11 is 0.701. The molecule has 0 unspecified atom stereocenters. The summed E-state index contributed by atoms with van der Waals surface area (Å²) in [5.74, 6) is -0.634. The van der Waals surface area contributed by atoms with Gasteiger partial charge in [-0.1, -0.05) is 6.07 Å². The van der Waals surface area contributed by atoms with Crippen molar-refractivity contribution in [3.8, 4) is 0 Å². The molecule has 4 nitrogen and oxygen atoms in total. The van der Waals surface area contributed by atoms with Crippen LogP contribution in [0.5, 0.6) is 0 Å². The quantitative estimate of drug-likeness (QED) is 0.758. The Morgan fingerprint density at radius 3 is 2.50 bits per heavy atom. The summed E-state index contributed by atoms with van der Waals surface area (Å²) in [6, 6.07) is 7.70. The molecule has 2 aromatic rings. The monoisotopic (exact) mass is 352 g/mol. The maximum atomic E-state index is 12.8. The zero-order valence-corrected chi connectivity index (χ0v) is 13.2. The first-order valence-electron chi connectivity index (χ1n) is 6.84. The molecular formula is C16H11F3N2O2S. The first-order valence-corrected chi connectivity index (χ1v) is 7.65. The Hall–Kier alpha value is -2.48. The molecule has 0 N–H and O–H groups in total. The van der Waals surface area contributed by atoms with E-state index in [1.807, 2.05) is 0 Å². The van der Waals surface area contributed by atoms with Gasteiger partial charge in [0.25, 0.3) is 11.1 Å².